The van der Waals surface area contributed by atoms with Crippen LogP contribution in [0.25, 0.3) is 0 Å². The van der Waals surface area contributed by atoms with E-state index in [0.29, 0.717) is 6.61 Å². The van der Waals surface area contributed by atoms with Gasteiger partial charge in [0.2, 0.25) is 0 Å². The molecule has 0 aliphatic heterocycles. The van der Waals surface area contributed by atoms with E-state index in [9.17, 15) is 4.79 Å². The maximum absolute atomic E-state index is 9.57. The van der Waals surface area contributed by atoms with Gasteiger partial charge in [0.05, 0.1) is 12.7 Å². The number of ether oxygens (including phenoxy) is 2. The summed E-state index contributed by atoms with van der Waals surface area (Å²) in [5.41, 5.74) is 0. The van der Waals surface area contributed by atoms with E-state index in [4.69, 9.17) is 4.74 Å². The van der Waals surface area contributed by atoms with Gasteiger partial charge in [0.15, 0.2) is 0 Å². The van der Waals surface area contributed by atoms with E-state index in [1.165, 1.54) is 6.47 Å². The summed E-state index contributed by atoms with van der Waals surface area (Å²) in [5, 5.41) is 0. The van der Waals surface area contributed by atoms with Crippen molar-refractivity contribution in [3.63, 3.8) is 0 Å². The van der Waals surface area contributed by atoms with Crippen LogP contribution in [-0.2, 0) is 14.3 Å². The van der Waals surface area contributed by atoms with Crippen LogP contribution in [0.1, 0.15) is 19.8 Å². The number of methoxy groups -OCH3 is 1. The molecule has 0 aromatic heterocycles. The smallest absolute Gasteiger partial charge is 0.417 e. The molecule has 0 heterocycles. The zero-order chi connectivity index (χ0) is 7.82. The molecule has 0 aliphatic carbocycles. The van der Waals surface area contributed by atoms with Crippen molar-refractivity contribution < 1.29 is 14.3 Å². The number of hydrogen-bond donors (Lipinski definition) is 0. The van der Waals surface area contributed by atoms with E-state index in [-0.39, 0.29) is 6.10 Å². The van der Waals surface area contributed by atoms with Crippen molar-refractivity contribution in [2.45, 2.75) is 25.9 Å². The van der Waals surface area contributed by atoms with Crippen LogP contribution in [0, 0.1) is 0 Å². The van der Waals surface area contributed by atoms with Gasteiger partial charge in [0.1, 0.15) is 0 Å². The summed E-state index contributed by atoms with van der Waals surface area (Å²) in [6.45, 7) is 3.79. The van der Waals surface area contributed by atoms with Gasteiger partial charge < -0.3 is 9.47 Å². The van der Waals surface area contributed by atoms with E-state index in [2.05, 4.69) is 4.74 Å². The SMILES string of the molecule is CCC(CCO[C]=O)OC. The number of hydrogen-bond acceptors (Lipinski definition) is 3. The minimum absolute atomic E-state index is 0.202. The molecule has 0 fully saturated rings. The molecule has 0 aromatic rings. The van der Waals surface area contributed by atoms with Gasteiger partial charge in [-0.25, -0.2) is 4.79 Å². The first kappa shape index (κ1) is 9.43. The Morgan fingerprint density at radius 2 is 2.30 bits per heavy atom. The maximum atomic E-state index is 9.57. The maximum Gasteiger partial charge on any atom is 0.417 e. The van der Waals surface area contributed by atoms with E-state index in [0.717, 1.165) is 12.8 Å². The van der Waals surface area contributed by atoms with Gasteiger partial charge in [-0.2, -0.15) is 0 Å². The van der Waals surface area contributed by atoms with E-state index in [1.54, 1.807) is 7.11 Å². The monoisotopic (exact) mass is 145 g/mol. The second-order valence-corrected chi connectivity index (χ2v) is 1.99. The molecule has 1 radical (unpaired) electrons. The van der Waals surface area contributed by atoms with E-state index >= 15 is 0 Å². The molecule has 10 heavy (non-hydrogen) atoms. The van der Waals surface area contributed by atoms with Crippen molar-refractivity contribution in [2.24, 2.45) is 0 Å². The first-order valence-corrected chi connectivity index (χ1v) is 3.36. The molecule has 1 unspecified atom stereocenters. The summed E-state index contributed by atoms with van der Waals surface area (Å²) in [6, 6.07) is 0. The largest absolute Gasteiger partial charge is 0.457 e. The summed E-state index contributed by atoms with van der Waals surface area (Å²) in [5.74, 6) is 0. The lowest BCUT2D eigenvalue weighted by Crippen LogP contribution is -2.11. The average molecular weight is 145 g/mol. The lowest BCUT2D eigenvalue weighted by atomic mass is 10.2. The van der Waals surface area contributed by atoms with Crippen LogP contribution in [-0.4, -0.2) is 26.3 Å². The lowest BCUT2D eigenvalue weighted by Gasteiger charge is -2.10. The summed E-state index contributed by atoms with van der Waals surface area (Å²) in [7, 11) is 1.65. The Balaban J connectivity index is 3.16. The molecule has 0 amide bonds. The predicted molar refractivity (Wildman–Crippen MR) is 37.4 cm³/mol. The Morgan fingerprint density at radius 3 is 2.70 bits per heavy atom. The highest BCUT2D eigenvalue weighted by Crippen LogP contribution is 2.00. The third kappa shape index (κ3) is 4.32. The van der Waals surface area contributed by atoms with E-state index < -0.39 is 0 Å². The second kappa shape index (κ2) is 6.55. The first-order chi connectivity index (χ1) is 4.85. The minimum atomic E-state index is 0.202. The Hall–Kier alpha value is -0.570. The summed E-state index contributed by atoms with van der Waals surface area (Å²) in [4.78, 5) is 9.57. The third-order valence-corrected chi connectivity index (χ3v) is 1.39. The number of carbonyl (C=O) groups excluding carboxylic acids is 1. The zero-order valence-corrected chi connectivity index (χ0v) is 6.42. The van der Waals surface area contributed by atoms with Crippen LogP contribution >= 0.6 is 0 Å². The van der Waals surface area contributed by atoms with Crippen LogP contribution in [0.2, 0.25) is 0 Å². The van der Waals surface area contributed by atoms with Gasteiger partial charge in [-0.05, 0) is 6.42 Å². The van der Waals surface area contributed by atoms with Gasteiger partial charge in [-0.3, -0.25) is 0 Å². The van der Waals surface area contributed by atoms with Gasteiger partial charge in [0, 0.05) is 13.5 Å². The Morgan fingerprint density at radius 1 is 1.60 bits per heavy atom. The van der Waals surface area contributed by atoms with Gasteiger partial charge in [-0.15, -0.1) is 0 Å². The molecule has 0 N–H and O–H groups in total. The highest BCUT2D eigenvalue weighted by atomic mass is 16.5. The van der Waals surface area contributed by atoms with Gasteiger partial charge >= 0.3 is 6.47 Å². The summed E-state index contributed by atoms with van der Waals surface area (Å²) >= 11 is 0. The van der Waals surface area contributed by atoms with Crippen molar-refractivity contribution in [1.82, 2.24) is 0 Å². The average Bonchev–Trinajstić information content (AvgIpc) is 1.99. The second-order valence-electron chi connectivity index (χ2n) is 1.99. The van der Waals surface area contributed by atoms with Crippen molar-refractivity contribution >= 4 is 6.47 Å². The fraction of sp³-hybridized carbons (Fsp3) is 0.857. The third-order valence-electron chi connectivity index (χ3n) is 1.39. The highest BCUT2D eigenvalue weighted by Gasteiger charge is 2.02. The van der Waals surface area contributed by atoms with Crippen molar-refractivity contribution in [1.29, 1.82) is 0 Å². The molecule has 0 rings (SSSR count). The van der Waals surface area contributed by atoms with Crippen LogP contribution in [0.5, 0.6) is 0 Å². The Bertz CT molecular complexity index is 78.9. The fourth-order valence-corrected chi connectivity index (χ4v) is 0.721. The normalized spacial score (nSPS) is 12.6. The predicted octanol–water partition coefficient (Wildman–Crippen LogP) is 0.885. The molecular formula is C7H13O3. The molecular weight excluding hydrogens is 132 g/mol. The van der Waals surface area contributed by atoms with Crippen LogP contribution in [0.4, 0.5) is 0 Å². The molecule has 59 valence electrons. The molecule has 0 bridgehead atoms. The zero-order valence-electron chi connectivity index (χ0n) is 6.42. The van der Waals surface area contributed by atoms with Crippen LogP contribution < -0.4 is 0 Å². The van der Waals surface area contributed by atoms with Crippen molar-refractivity contribution in [2.75, 3.05) is 13.7 Å². The highest BCUT2D eigenvalue weighted by molar-refractivity contribution is 5.38. The minimum Gasteiger partial charge on any atom is -0.457 e. The van der Waals surface area contributed by atoms with Crippen molar-refractivity contribution in [3.05, 3.63) is 0 Å². The van der Waals surface area contributed by atoms with Crippen LogP contribution in [0.3, 0.4) is 0 Å². The summed E-state index contributed by atoms with van der Waals surface area (Å²) < 4.78 is 9.42. The Kier molecular flexibility index (Phi) is 6.18. The Labute approximate surface area is 61.3 Å². The molecule has 0 saturated carbocycles. The van der Waals surface area contributed by atoms with Crippen LogP contribution in [0.15, 0.2) is 0 Å². The van der Waals surface area contributed by atoms with Gasteiger partial charge in [-0.1, -0.05) is 6.92 Å². The summed E-state index contributed by atoms with van der Waals surface area (Å²) in [6.07, 6.45) is 1.90. The number of rotatable bonds is 6. The molecule has 0 saturated heterocycles. The molecule has 3 nitrogen and oxygen atoms in total. The van der Waals surface area contributed by atoms with E-state index in [1.807, 2.05) is 6.92 Å². The molecule has 0 aliphatic rings. The van der Waals surface area contributed by atoms with Gasteiger partial charge in [0.25, 0.3) is 0 Å². The molecule has 1 atom stereocenters. The van der Waals surface area contributed by atoms with Crippen molar-refractivity contribution in [3.8, 4) is 0 Å². The topological polar surface area (TPSA) is 35.5 Å². The quantitative estimate of drug-likeness (QED) is 0.520. The first-order valence-electron chi connectivity index (χ1n) is 3.36. The lowest BCUT2D eigenvalue weighted by molar-refractivity contribution is 0.0761. The molecule has 0 spiro atoms. The fourth-order valence-electron chi connectivity index (χ4n) is 0.721. The molecule has 0 aromatic carbocycles. The standard InChI is InChI=1S/C7H13O3/c1-3-7(9-2)4-5-10-6-8/h7H,3-5H2,1-2H3. The molecule has 3 heteroatoms.